The Labute approximate surface area is 103 Å². The lowest BCUT2D eigenvalue weighted by Crippen LogP contribution is -2.24. The Kier molecular flexibility index (Phi) is 2.93. The van der Waals surface area contributed by atoms with Crippen LogP contribution in [-0.2, 0) is 11.7 Å². The summed E-state index contributed by atoms with van der Waals surface area (Å²) in [5.74, 6) is 0.315. The SMILES string of the molecule is COc1cc(C(F)(F)F)c(C2(N)CC2)cc1OC. The van der Waals surface area contributed by atoms with E-state index in [0.717, 1.165) is 6.07 Å². The minimum absolute atomic E-state index is 0.0535. The van der Waals surface area contributed by atoms with Gasteiger partial charge in [0.15, 0.2) is 11.5 Å². The Morgan fingerprint density at radius 3 is 2.00 bits per heavy atom. The van der Waals surface area contributed by atoms with Crippen molar-refractivity contribution in [2.75, 3.05) is 14.2 Å². The lowest BCUT2D eigenvalue weighted by atomic mass is 9.97. The standard InChI is InChI=1S/C12H14F3NO2/c1-17-9-5-7(11(16)3-4-11)8(12(13,14)15)6-10(9)18-2/h5-6H,3-4,16H2,1-2H3. The second kappa shape index (κ2) is 4.05. The maximum atomic E-state index is 13.0. The molecule has 0 spiro atoms. The van der Waals surface area contributed by atoms with Crippen LogP contribution in [0.15, 0.2) is 12.1 Å². The zero-order valence-corrected chi connectivity index (χ0v) is 10.1. The van der Waals surface area contributed by atoms with E-state index in [9.17, 15) is 13.2 Å². The molecule has 0 saturated heterocycles. The van der Waals surface area contributed by atoms with Crippen molar-refractivity contribution in [1.82, 2.24) is 0 Å². The van der Waals surface area contributed by atoms with Gasteiger partial charge in [-0.05, 0) is 30.5 Å². The molecule has 0 aliphatic heterocycles. The zero-order chi connectivity index (χ0) is 13.6. The van der Waals surface area contributed by atoms with Crippen LogP contribution in [0.4, 0.5) is 13.2 Å². The van der Waals surface area contributed by atoms with Gasteiger partial charge < -0.3 is 15.2 Å². The Morgan fingerprint density at radius 1 is 1.11 bits per heavy atom. The summed E-state index contributed by atoms with van der Waals surface area (Å²) in [7, 11) is 2.68. The molecule has 6 heteroatoms. The van der Waals surface area contributed by atoms with Crippen molar-refractivity contribution in [2.45, 2.75) is 24.6 Å². The Balaban J connectivity index is 2.62. The fourth-order valence-electron chi connectivity index (χ4n) is 1.93. The molecule has 100 valence electrons. The predicted molar refractivity (Wildman–Crippen MR) is 59.6 cm³/mol. The van der Waals surface area contributed by atoms with Crippen molar-refractivity contribution >= 4 is 0 Å². The lowest BCUT2D eigenvalue weighted by Gasteiger charge is -2.20. The van der Waals surface area contributed by atoms with E-state index < -0.39 is 17.3 Å². The van der Waals surface area contributed by atoms with Gasteiger partial charge in [0.25, 0.3) is 0 Å². The van der Waals surface area contributed by atoms with Crippen molar-refractivity contribution in [2.24, 2.45) is 5.73 Å². The monoisotopic (exact) mass is 261 g/mol. The van der Waals surface area contributed by atoms with Gasteiger partial charge in [0.05, 0.1) is 19.8 Å². The molecule has 0 heterocycles. The first kappa shape index (κ1) is 13.0. The van der Waals surface area contributed by atoms with E-state index in [1.54, 1.807) is 0 Å². The molecule has 0 atom stereocenters. The predicted octanol–water partition coefficient (Wildman–Crippen LogP) is 2.67. The number of ether oxygens (including phenoxy) is 2. The first-order chi connectivity index (χ1) is 8.31. The van der Waals surface area contributed by atoms with Gasteiger partial charge in [-0.1, -0.05) is 0 Å². The highest BCUT2D eigenvalue weighted by molar-refractivity contribution is 5.52. The van der Waals surface area contributed by atoms with Crippen LogP contribution in [0.1, 0.15) is 24.0 Å². The molecule has 1 aliphatic carbocycles. The van der Waals surface area contributed by atoms with Crippen molar-refractivity contribution in [1.29, 1.82) is 0 Å². The summed E-state index contributed by atoms with van der Waals surface area (Å²) < 4.78 is 48.9. The average Bonchev–Trinajstić information content (AvgIpc) is 3.05. The van der Waals surface area contributed by atoms with Crippen LogP contribution in [0.5, 0.6) is 11.5 Å². The van der Waals surface area contributed by atoms with Gasteiger partial charge >= 0.3 is 6.18 Å². The molecule has 0 bridgehead atoms. The van der Waals surface area contributed by atoms with E-state index in [1.807, 2.05) is 0 Å². The molecule has 18 heavy (non-hydrogen) atoms. The Hall–Kier alpha value is -1.43. The number of methoxy groups -OCH3 is 2. The van der Waals surface area contributed by atoms with Gasteiger partial charge in [-0.3, -0.25) is 0 Å². The van der Waals surface area contributed by atoms with Crippen LogP contribution in [0.2, 0.25) is 0 Å². The van der Waals surface area contributed by atoms with E-state index in [4.69, 9.17) is 15.2 Å². The molecule has 1 aromatic rings. The molecule has 1 saturated carbocycles. The number of nitrogens with two attached hydrogens (primary N) is 1. The minimum Gasteiger partial charge on any atom is -0.493 e. The number of hydrogen-bond donors (Lipinski definition) is 1. The summed E-state index contributed by atoms with van der Waals surface area (Å²) in [4.78, 5) is 0. The van der Waals surface area contributed by atoms with Gasteiger partial charge in [-0.15, -0.1) is 0 Å². The zero-order valence-electron chi connectivity index (χ0n) is 10.1. The van der Waals surface area contributed by atoms with Crippen molar-refractivity contribution < 1.29 is 22.6 Å². The molecular formula is C12H14F3NO2. The van der Waals surface area contributed by atoms with Crippen LogP contribution in [0.3, 0.4) is 0 Å². The molecule has 1 aromatic carbocycles. The van der Waals surface area contributed by atoms with Crippen molar-refractivity contribution in [3.63, 3.8) is 0 Å². The van der Waals surface area contributed by atoms with E-state index in [0.29, 0.717) is 12.8 Å². The highest BCUT2D eigenvalue weighted by Gasteiger charge is 2.47. The van der Waals surface area contributed by atoms with Crippen LogP contribution in [0.25, 0.3) is 0 Å². The Bertz CT molecular complexity index is 435. The van der Waals surface area contributed by atoms with Crippen LogP contribution in [0, 0.1) is 0 Å². The normalized spacial score (nSPS) is 17.4. The number of benzene rings is 1. The van der Waals surface area contributed by atoms with E-state index in [-0.39, 0.29) is 17.1 Å². The van der Waals surface area contributed by atoms with E-state index in [2.05, 4.69) is 0 Å². The molecule has 0 aromatic heterocycles. The lowest BCUT2D eigenvalue weighted by molar-refractivity contribution is -0.138. The number of halogens is 3. The third kappa shape index (κ3) is 2.12. The fraction of sp³-hybridized carbons (Fsp3) is 0.500. The molecular weight excluding hydrogens is 247 g/mol. The molecule has 2 rings (SSSR count). The average molecular weight is 261 g/mol. The molecule has 0 radical (unpaired) electrons. The van der Waals surface area contributed by atoms with E-state index >= 15 is 0 Å². The molecule has 1 aliphatic rings. The quantitative estimate of drug-likeness (QED) is 0.909. The summed E-state index contributed by atoms with van der Waals surface area (Å²) in [6, 6.07) is 2.27. The van der Waals surface area contributed by atoms with Gasteiger partial charge in [0.2, 0.25) is 0 Å². The Morgan fingerprint density at radius 2 is 1.61 bits per heavy atom. The summed E-state index contributed by atoms with van der Waals surface area (Å²) in [5.41, 5.74) is 4.33. The van der Waals surface area contributed by atoms with Crippen LogP contribution in [-0.4, -0.2) is 14.2 Å². The second-order valence-electron chi connectivity index (χ2n) is 4.41. The third-order valence-corrected chi connectivity index (χ3v) is 3.15. The highest BCUT2D eigenvalue weighted by Crippen LogP contribution is 2.50. The minimum atomic E-state index is -4.45. The largest absolute Gasteiger partial charge is 0.493 e. The maximum Gasteiger partial charge on any atom is 0.416 e. The molecule has 0 unspecified atom stereocenters. The van der Waals surface area contributed by atoms with Gasteiger partial charge in [0, 0.05) is 5.54 Å². The summed E-state index contributed by atoms with van der Waals surface area (Å²) in [6.07, 6.45) is -3.36. The molecule has 2 N–H and O–H groups in total. The first-order valence-corrected chi connectivity index (χ1v) is 5.44. The fourth-order valence-corrected chi connectivity index (χ4v) is 1.93. The smallest absolute Gasteiger partial charge is 0.416 e. The van der Waals surface area contributed by atoms with Crippen LogP contribution >= 0.6 is 0 Å². The van der Waals surface area contributed by atoms with Crippen LogP contribution < -0.4 is 15.2 Å². The van der Waals surface area contributed by atoms with Crippen molar-refractivity contribution in [3.05, 3.63) is 23.3 Å². The highest BCUT2D eigenvalue weighted by atomic mass is 19.4. The summed E-state index contributed by atoms with van der Waals surface area (Å²) >= 11 is 0. The topological polar surface area (TPSA) is 44.5 Å². The van der Waals surface area contributed by atoms with Gasteiger partial charge in [-0.25, -0.2) is 0 Å². The van der Waals surface area contributed by atoms with Crippen molar-refractivity contribution in [3.8, 4) is 11.5 Å². The second-order valence-corrected chi connectivity index (χ2v) is 4.41. The molecule has 1 fully saturated rings. The van der Waals surface area contributed by atoms with E-state index in [1.165, 1.54) is 20.3 Å². The van der Waals surface area contributed by atoms with Gasteiger partial charge in [-0.2, -0.15) is 13.2 Å². The number of alkyl halides is 3. The molecule has 3 nitrogen and oxygen atoms in total. The molecule has 0 amide bonds. The number of rotatable bonds is 3. The summed E-state index contributed by atoms with van der Waals surface area (Å²) in [5, 5.41) is 0. The third-order valence-electron chi connectivity index (χ3n) is 3.15. The first-order valence-electron chi connectivity index (χ1n) is 5.44. The summed E-state index contributed by atoms with van der Waals surface area (Å²) in [6.45, 7) is 0. The maximum absolute atomic E-state index is 13.0. The number of hydrogen-bond acceptors (Lipinski definition) is 3. The van der Waals surface area contributed by atoms with Gasteiger partial charge in [0.1, 0.15) is 0 Å².